The van der Waals surface area contributed by atoms with Crippen LogP contribution in [0.3, 0.4) is 0 Å². The number of rotatable bonds is 14. The summed E-state index contributed by atoms with van der Waals surface area (Å²) in [6.07, 6.45) is 16.9. The van der Waals surface area contributed by atoms with Gasteiger partial charge in [-0.3, -0.25) is 4.79 Å². The number of ether oxygens (including phenoxy) is 1. The van der Waals surface area contributed by atoms with E-state index in [2.05, 4.69) is 51.1 Å². The van der Waals surface area contributed by atoms with Crippen molar-refractivity contribution in [2.45, 2.75) is 122 Å². The van der Waals surface area contributed by atoms with E-state index in [-0.39, 0.29) is 5.97 Å². The lowest BCUT2D eigenvalue weighted by atomic mass is 9.69. The Kier molecular flexibility index (Phi) is 11.7. The van der Waals surface area contributed by atoms with Crippen molar-refractivity contribution in [3.63, 3.8) is 0 Å². The lowest BCUT2D eigenvalue weighted by Crippen LogP contribution is -2.41. The standard InChI is InChI=1S/C34H47NO2/c1-4-6-8-9-11-15-28-16-19-31(20-17-28)34(22-12-10-13-23-34)33(36)37-32-21-18-29(25-30(32)26-35)24-27(3)14-7-5-2/h16-21,25,27H,4-15,22-24H2,1-3H3. The number of aryl methyl sites for hydroxylation is 1. The molecule has 3 heteroatoms. The third-order valence-electron chi connectivity index (χ3n) is 8.18. The number of hydrogen-bond acceptors (Lipinski definition) is 3. The fourth-order valence-corrected chi connectivity index (χ4v) is 5.82. The fraction of sp³-hybridized carbons (Fsp3) is 0.588. The lowest BCUT2D eigenvalue weighted by molar-refractivity contribution is -0.142. The summed E-state index contributed by atoms with van der Waals surface area (Å²) in [6, 6.07) is 16.7. The molecule has 0 amide bonds. The zero-order valence-electron chi connectivity index (χ0n) is 23.5. The number of carbonyl (C=O) groups is 1. The van der Waals surface area contributed by atoms with E-state index in [0.717, 1.165) is 56.1 Å². The largest absolute Gasteiger partial charge is 0.424 e. The highest BCUT2D eigenvalue weighted by molar-refractivity contribution is 5.85. The molecule has 1 atom stereocenters. The van der Waals surface area contributed by atoms with Crippen LogP contribution in [0.2, 0.25) is 0 Å². The van der Waals surface area contributed by atoms with Crippen molar-refractivity contribution in [1.82, 2.24) is 0 Å². The minimum atomic E-state index is -0.627. The Labute approximate surface area is 225 Å². The number of benzene rings is 2. The molecule has 200 valence electrons. The van der Waals surface area contributed by atoms with E-state index in [9.17, 15) is 10.1 Å². The maximum absolute atomic E-state index is 13.8. The van der Waals surface area contributed by atoms with Crippen LogP contribution >= 0.6 is 0 Å². The number of nitrogens with zero attached hydrogens (tertiary/aromatic N) is 1. The van der Waals surface area contributed by atoms with E-state index in [4.69, 9.17) is 4.74 Å². The summed E-state index contributed by atoms with van der Waals surface area (Å²) in [4.78, 5) is 13.8. The maximum atomic E-state index is 13.8. The van der Waals surface area contributed by atoms with Crippen LogP contribution in [0.5, 0.6) is 5.75 Å². The van der Waals surface area contributed by atoms with Gasteiger partial charge in [-0.25, -0.2) is 0 Å². The zero-order chi connectivity index (χ0) is 26.5. The van der Waals surface area contributed by atoms with E-state index in [0.29, 0.717) is 17.2 Å². The summed E-state index contributed by atoms with van der Waals surface area (Å²) in [6.45, 7) is 6.73. The van der Waals surface area contributed by atoms with Crippen LogP contribution in [0.25, 0.3) is 0 Å². The molecule has 2 aromatic carbocycles. The Balaban J connectivity index is 1.72. The van der Waals surface area contributed by atoms with Gasteiger partial charge in [-0.2, -0.15) is 5.26 Å². The van der Waals surface area contributed by atoms with Crippen LogP contribution in [0.1, 0.15) is 126 Å². The van der Waals surface area contributed by atoms with Gasteiger partial charge in [0.25, 0.3) is 0 Å². The molecule has 0 bridgehead atoms. The summed E-state index contributed by atoms with van der Waals surface area (Å²) >= 11 is 0. The first-order valence-electron chi connectivity index (χ1n) is 14.9. The molecule has 0 heterocycles. The second kappa shape index (κ2) is 15.0. The first-order chi connectivity index (χ1) is 18.0. The van der Waals surface area contributed by atoms with Gasteiger partial charge in [0.1, 0.15) is 11.8 Å². The normalized spacial score (nSPS) is 15.6. The maximum Gasteiger partial charge on any atom is 0.321 e. The van der Waals surface area contributed by atoms with Crippen molar-refractivity contribution in [3.8, 4) is 11.8 Å². The predicted octanol–water partition coefficient (Wildman–Crippen LogP) is 9.25. The number of carbonyl (C=O) groups excluding carboxylic acids is 1. The van der Waals surface area contributed by atoms with Crippen LogP contribution in [-0.4, -0.2) is 5.97 Å². The highest BCUT2D eigenvalue weighted by Crippen LogP contribution is 2.41. The second-order valence-corrected chi connectivity index (χ2v) is 11.3. The minimum absolute atomic E-state index is 0.208. The highest BCUT2D eigenvalue weighted by Gasteiger charge is 2.43. The smallest absolute Gasteiger partial charge is 0.321 e. The summed E-state index contributed by atoms with van der Waals surface area (Å²) in [5.41, 5.74) is 3.37. The van der Waals surface area contributed by atoms with Gasteiger partial charge in [0.05, 0.1) is 11.0 Å². The van der Waals surface area contributed by atoms with Crippen molar-refractivity contribution in [2.75, 3.05) is 0 Å². The molecule has 0 aliphatic heterocycles. The van der Waals surface area contributed by atoms with Crippen LogP contribution in [0, 0.1) is 17.2 Å². The fourth-order valence-electron chi connectivity index (χ4n) is 5.82. The molecule has 2 aromatic rings. The molecule has 1 saturated carbocycles. The Morgan fingerprint density at radius 2 is 1.59 bits per heavy atom. The van der Waals surface area contributed by atoms with E-state index >= 15 is 0 Å². The van der Waals surface area contributed by atoms with Gasteiger partial charge in [0, 0.05) is 0 Å². The second-order valence-electron chi connectivity index (χ2n) is 11.3. The zero-order valence-corrected chi connectivity index (χ0v) is 23.5. The van der Waals surface area contributed by atoms with Crippen molar-refractivity contribution in [3.05, 3.63) is 64.7 Å². The van der Waals surface area contributed by atoms with E-state index in [1.807, 2.05) is 18.2 Å². The molecule has 1 fully saturated rings. The third-order valence-corrected chi connectivity index (χ3v) is 8.18. The summed E-state index contributed by atoms with van der Waals surface area (Å²) < 4.78 is 6.03. The highest BCUT2D eigenvalue weighted by atomic mass is 16.5. The predicted molar refractivity (Wildman–Crippen MR) is 153 cm³/mol. The van der Waals surface area contributed by atoms with Crippen molar-refractivity contribution >= 4 is 5.97 Å². The number of nitriles is 1. The molecule has 37 heavy (non-hydrogen) atoms. The molecule has 0 N–H and O–H groups in total. The van der Waals surface area contributed by atoms with E-state index < -0.39 is 5.41 Å². The van der Waals surface area contributed by atoms with Gasteiger partial charge in [-0.15, -0.1) is 0 Å². The van der Waals surface area contributed by atoms with Gasteiger partial charge >= 0.3 is 5.97 Å². The summed E-state index contributed by atoms with van der Waals surface area (Å²) in [5.74, 6) is 0.760. The van der Waals surface area contributed by atoms with Gasteiger partial charge in [0.2, 0.25) is 0 Å². The molecule has 0 saturated heterocycles. The van der Waals surface area contributed by atoms with E-state index in [1.54, 1.807) is 0 Å². The van der Waals surface area contributed by atoms with Crippen molar-refractivity contribution < 1.29 is 9.53 Å². The van der Waals surface area contributed by atoms with E-state index in [1.165, 1.54) is 56.9 Å². The molecule has 1 aliphatic carbocycles. The molecular formula is C34H47NO2. The molecule has 3 nitrogen and oxygen atoms in total. The summed E-state index contributed by atoms with van der Waals surface area (Å²) in [7, 11) is 0. The van der Waals surface area contributed by atoms with Crippen molar-refractivity contribution in [2.24, 2.45) is 5.92 Å². The monoisotopic (exact) mass is 501 g/mol. The first-order valence-corrected chi connectivity index (χ1v) is 14.9. The average molecular weight is 502 g/mol. The first kappa shape index (κ1) is 29.0. The molecule has 0 aromatic heterocycles. The van der Waals surface area contributed by atoms with Gasteiger partial charge in [0.15, 0.2) is 0 Å². The molecule has 3 rings (SSSR count). The molecule has 0 radical (unpaired) electrons. The van der Waals surface area contributed by atoms with Gasteiger partial charge < -0.3 is 4.74 Å². The third kappa shape index (κ3) is 8.19. The Morgan fingerprint density at radius 1 is 0.919 bits per heavy atom. The molecule has 0 spiro atoms. The summed E-state index contributed by atoms with van der Waals surface area (Å²) in [5, 5.41) is 9.83. The lowest BCUT2D eigenvalue weighted by Gasteiger charge is -2.35. The van der Waals surface area contributed by atoms with Crippen LogP contribution in [-0.2, 0) is 23.1 Å². The molecule has 1 unspecified atom stereocenters. The minimum Gasteiger partial charge on any atom is -0.424 e. The van der Waals surface area contributed by atoms with Crippen LogP contribution < -0.4 is 4.74 Å². The number of hydrogen-bond donors (Lipinski definition) is 0. The number of unbranched alkanes of at least 4 members (excludes halogenated alkanes) is 5. The Morgan fingerprint density at radius 3 is 2.27 bits per heavy atom. The Hall–Kier alpha value is -2.60. The quantitative estimate of drug-likeness (QED) is 0.147. The Bertz CT molecular complexity index is 1010. The molecule has 1 aliphatic rings. The topological polar surface area (TPSA) is 50.1 Å². The van der Waals surface area contributed by atoms with Gasteiger partial charge in [-0.1, -0.05) is 115 Å². The van der Waals surface area contributed by atoms with Crippen LogP contribution in [0.15, 0.2) is 42.5 Å². The van der Waals surface area contributed by atoms with Crippen molar-refractivity contribution in [1.29, 1.82) is 5.26 Å². The number of esters is 1. The molecular weight excluding hydrogens is 454 g/mol. The van der Waals surface area contributed by atoms with Crippen LogP contribution in [0.4, 0.5) is 0 Å². The SMILES string of the molecule is CCCCCCCc1ccc(C2(C(=O)Oc3ccc(CC(C)CCCC)cc3C#N)CCCCC2)cc1. The van der Waals surface area contributed by atoms with Gasteiger partial charge in [-0.05, 0) is 66.8 Å². The average Bonchev–Trinajstić information content (AvgIpc) is 2.93.